The third kappa shape index (κ3) is 4.23. The second-order valence-electron chi connectivity index (χ2n) is 4.27. The molecule has 0 rings (SSSR count). The van der Waals surface area contributed by atoms with Gasteiger partial charge in [0.2, 0.25) is 11.8 Å². The van der Waals surface area contributed by atoms with Gasteiger partial charge in [-0.25, -0.2) is 0 Å². The molecule has 2 amide bonds. The summed E-state index contributed by atoms with van der Waals surface area (Å²) >= 11 is 0. The topological polar surface area (TPSA) is 108 Å². The number of hydrogen-bond donors (Lipinski definition) is 3. The van der Waals surface area contributed by atoms with Crippen LogP contribution < -0.4 is 11.1 Å². The van der Waals surface area contributed by atoms with Crippen LogP contribution in [0.1, 0.15) is 20.8 Å². The largest absolute Gasteiger partial charge is 0.409 e. The van der Waals surface area contributed by atoms with Gasteiger partial charge in [-0.3, -0.25) is 9.59 Å². The lowest BCUT2D eigenvalue weighted by Crippen LogP contribution is -2.47. The summed E-state index contributed by atoms with van der Waals surface area (Å²) in [5, 5.41) is 14.0. The third-order valence-corrected chi connectivity index (χ3v) is 2.67. The Balaban J connectivity index is 4.98. The minimum absolute atomic E-state index is 0.0340. The summed E-state index contributed by atoms with van der Waals surface area (Å²) in [6.45, 7) is 5.72. The smallest absolute Gasteiger partial charge is 0.239 e. The van der Waals surface area contributed by atoms with E-state index in [1.54, 1.807) is 20.8 Å². The highest BCUT2D eigenvalue weighted by Crippen LogP contribution is 2.14. The van der Waals surface area contributed by atoms with Crippen molar-refractivity contribution < 1.29 is 14.8 Å². The Morgan fingerprint density at radius 2 is 2.00 bits per heavy atom. The van der Waals surface area contributed by atoms with Gasteiger partial charge in [0.25, 0.3) is 0 Å². The van der Waals surface area contributed by atoms with E-state index >= 15 is 0 Å². The lowest BCUT2D eigenvalue weighted by molar-refractivity contribution is -0.138. The molecule has 18 heavy (non-hydrogen) atoms. The molecule has 0 aliphatic rings. The molecule has 0 saturated carbocycles. The number of nitrogens with zero attached hydrogens (tertiary/aromatic N) is 2. The van der Waals surface area contributed by atoms with Crippen LogP contribution in [-0.4, -0.2) is 47.9 Å². The van der Waals surface area contributed by atoms with Crippen molar-refractivity contribution in [3.05, 3.63) is 0 Å². The standard InChI is InChI=1S/C11H22N4O3/c1-5-15(6-8(16)13-4)11(17)9(7(2)3)10(12)14-18/h7,9,18H,5-6H2,1-4H3,(H2,12,14)(H,13,16). The molecule has 0 radical (unpaired) electrons. The zero-order valence-electron chi connectivity index (χ0n) is 11.3. The summed E-state index contributed by atoms with van der Waals surface area (Å²) in [4.78, 5) is 24.9. The Kier molecular flexibility index (Phi) is 6.77. The molecular formula is C11H22N4O3. The van der Waals surface area contributed by atoms with E-state index in [9.17, 15) is 9.59 Å². The number of hydrogen-bond acceptors (Lipinski definition) is 4. The Labute approximate surface area is 107 Å². The zero-order chi connectivity index (χ0) is 14.3. The number of carbonyl (C=O) groups is 2. The minimum Gasteiger partial charge on any atom is -0.409 e. The first kappa shape index (κ1) is 16.2. The molecular weight excluding hydrogens is 236 g/mol. The summed E-state index contributed by atoms with van der Waals surface area (Å²) in [6, 6.07) is 0. The van der Waals surface area contributed by atoms with Gasteiger partial charge in [-0.1, -0.05) is 19.0 Å². The predicted octanol–water partition coefficient (Wildman–Crippen LogP) is -0.400. The summed E-state index contributed by atoms with van der Waals surface area (Å²) in [6.07, 6.45) is 0. The zero-order valence-corrected chi connectivity index (χ0v) is 11.3. The van der Waals surface area contributed by atoms with Gasteiger partial charge >= 0.3 is 0 Å². The Morgan fingerprint density at radius 3 is 2.33 bits per heavy atom. The molecule has 0 aromatic carbocycles. The molecule has 7 nitrogen and oxygen atoms in total. The number of amidine groups is 1. The molecule has 0 aliphatic heterocycles. The van der Waals surface area contributed by atoms with Crippen LogP contribution in [0, 0.1) is 11.8 Å². The summed E-state index contributed by atoms with van der Waals surface area (Å²) < 4.78 is 0. The molecule has 0 spiro atoms. The van der Waals surface area contributed by atoms with Crippen molar-refractivity contribution in [1.29, 1.82) is 0 Å². The molecule has 4 N–H and O–H groups in total. The highest BCUT2D eigenvalue weighted by atomic mass is 16.4. The first-order valence-corrected chi connectivity index (χ1v) is 5.85. The fraction of sp³-hybridized carbons (Fsp3) is 0.727. The van der Waals surface area contributed by atoms with Crippen molar-refractivity contribution in [3.63, 3.8) is 0 Å². The number of oxime groups is 1. The van der Waals surface area contributed by atoms with Crippen LogP contribution in [0.25, 0.3) is 0 Å². The number of rotatable bonds is 6. The van der Waals surface area contributed by atoms with Gasteiger partial charge in [-0.05, 0) is 12.8 Å². The highest BCUT2D eigenvalue weighted by molar-refractivity contribution is 6.03. The first-order valence-electron chi connectivity index (χ1n) is 5.85. The average molecular weight is 258 g/mol. The van der Waals surface area contributed by atoms with Gasteiger partial charge in [0.1, 0.15) is 5.92 Å². The first-order chi connectivity index (χ1) is 8.38. The van der Waals surface area contributed by atoms with Crippen LogP contribution in [0.2, 0.25) is 0 Å². The maximum atomic E-state index is 12.2. The van der Waals surface area contributed by atoms with Crippen molar-refractivity contribution in [1.82, 2.24) is 10.2 Å². The van der Waals surface area contributed by atoms with E-state index in [0.29, 0.717) is 6.54 Å². The highest BCUT2D eigenvalue weighted by Gasteiger charge is 2.30. The number of nitrogens with one attached hydrogen (secondary N) is 1. The van der Waals surface area contributed by atoms with Crippen LogP contribution in [0.3, 0.4) is 0 Å². The number of amides is 2. The fourth-order valence-electron chi connectivity index (χ4n) is 1.61. The number of nitrogens with two attached hydrogens (primary N) is 1. The summed E-state index contributed by atoms with van der Waals surface area (Å²) in [5.74, 6) is -1.55. The van der Waals surface area contributed by atoms with Gasteiger partial charge in [-0.15, -0.1) is 0 Å². The summed E-state index contributed by atoms with van der Waals surface area (Å²) in [5.41, 5.74) is 5.53. The van der Waals surface area contributed by atoms with Gasteiger partial charge in [0.15, 0.2) is 5.84 Å². The van der Waals surface area contributed by atoms with E-state index in [4.69, 9.17) is 10.9 Å². The van der Waals surface area contributed by atoms with E-state index in [1.807, 2.05) is 0 Å². The Hall–Kier alpha value is -1.79. The number of likely N-dealkylation sites (N-methyl/N-ethyl adjacent to an activating group) is 2. The van der Waals surface area contributed by atoms with E-state index < -0.39 is 5.92 Å². The molecule has 1 atom stereocenters. The van der Waals surface area contributed by atoms with Gasteiger partial charge in [-0.2, -0.15) is 0 Å². The van der Waals surface area contributed by atoms with E-state index in [-0.39, 0.29) is 30.1 Å². The number of carbonyl (C=O) groups excluding carboxylic acids is 2. The molecule has 0 aliphatic carbocycles. The molecule has 1 unspecified atom stereocenters. The SMILES string of the molecule is CCN(CC(=O)NC)C(=O)C(C(N)=NO)C(C)C. The van der Waals surface area contributed by atoms with Crippen LogP contribution in [0.15, 0.2) is 5.16 Å². The van der Waals surface area contributed by atoms with Crippen LogP contribution in [0.5, 0.6) is 0 Å². The molecule has 0 fully saturated rings. The second-order valence-corrected chi connectivity index (χ2v) is 4.27. The maximum absolute atomic E-state index is 12.2. The molecule has 104 valence electrons. The van der Waals surface area contributed by atoms with Crippen molar-refractivity contribution in [2.75, 3.05) is 20.1 Å². The molecule has 0 aromatic rings. The lowest BCUT2D eigenvalue weighted by Gasteiger charge is -2.27. The van der Waals surface area contributed by atoms with Gasteiger partial charge in [0, 0.05) is 13.6 Å². The molecule has 7 heteroatoms. The minimum atomic E-state index is -0.723. The van der Waals surface area contributed by atoms with Crippen molar-refractivity contribution in [2.45, 2.75) is 20.8 Å². The van der Waals surface area contributed by atoms with Gasteiger partial charge < -0.3 is 21.2 Å². The van der Waals surface area contributed by atoms with E-state index in [1.165, 1.54) is 11.9 Å². The quantitative estimate of drug-likeness (QED) is 0.261. The van der Waals surface area contributed by atoms with Crippen molar-refractivity contribution in [2.24, 2.45) is 22.7 Å². The molecule has 0 heterocycles. The average Bonchev–Trinajstić information content (AvgIpc) is 2.34. The Morgan fingerprint density at radius 1 is 1.44 bits per heavy atom. The van der Waals surface area contributed by atoms with Gasteiger partial charge in [0.05, 0.1) is 6.54 Å². The monoisotopic (exact) mass is 258 g/mol. The van der Waals surface area contributed by atoms with Crippen molar-refractivity contribution >= 4 is 17.6 Å². The molecule has 0 aromatic heterocycles. The molecule has 0 bridgehead atoms. The predicted molar refractivity (Wildman–Crippen MR) is 68.1 cm³/mol. The fourth-order valence-corrected chi connectivity index (χ4v) is 1.61. The van der Waals surface area contributed by atoms with E-state index in [2.05, 4.69) is 10.5 Å². The normalized spacial score (nSPS) is 13.3. The lowest BCUT2D eigenvalue weighted by atomic mass is 9.93. The van der Waals surface area contributed by atoms with Crippen LogP contribution in [0.4, 0.5) is 0 Å². The maximum Gasteiger partial charge on any atom is 0.239 e. The summed E-state index contributed by atoms with van der Waals surface area (Å²) in [7, 11) is 1.50. The van der Waals surface area contributed by atoms with E-state index in [0.717, 1.165) is 0 Å². The molecule has 0 saturated heterocycles. The second kappa shape index (κ2) is 7.52. The van der Waals surface area contributed by atoms with Crippen LogP contribution in [-0.2, 0) is 9.59 Å². The third-order valence-electron chi connectivity index (χ3n) is 2.67. The van der Waals surface area contributed by atoms with Crippen molar-refractivity contribution in [3.8, 4) is 0 Å². The van der Waals surface area contributed by atoms with Crippen LogP contribution >= 0.6 is 0 Å². The Bertz CT molecular complexity index is 328.